The van der Waals surface area contributed by atoms with E-state index in [1.165, 1.54) is 0 Å². The Morgan fingerprint density at radius 1 is 1.23 bits per heavy atom. The van der Waals surface area contributed by atoms with Crippen LogP contribution in [0.15, 0.2) is 0 Å². The van der Waals surface area contributed by atoms with E-state index < -0.39 is 5.60 Å². The maximum absolute atomic E-state index is 9.71. The lowest BCUT2D eigenvalue weighted by atomic mass is 9.95. The second-order valence-corrected chi connectivity index (χ2v) is 5.13. The average Bonchev–Trinajstić information content (AvgIpc) is 1.91. The average molecular weight is 187 g/mol. The number of hydroxylamine groups is 2. The van der Waals surface area contributed by atoms with Gasteiger partial charge in [0.05, 0.1) is 11.2 Å². The van der Waals surface area contributed by atoms with Crippen LogP contribution in [-0.4, -0.2) is 34.5 Å². The van der Waals surface area contributed by atoms with Gasteiger partial charge in [-0.1, -0.05) is 0 Å². The minimum absolute atomic E-state index is 0.122. The van der Waals surface area contributed by atoms with E-state index in [0.29, 0.717) is 0 Å². The van der Waals surface area contributed by atoms with Crippen molar-refractivity contribution in [2.75, 3.05) is 13.1 Å². The van der Waals surface area contributed by atoms with E-state index in [0.717, 1.165) is 25.9 Å². The fourth-order valence-electron chi connectivity index (χ4n) is 1.45. The van der Waals surface area contributed by atoms with Gasteiger partial charge in [-0.15, -0.1) is 0 Å². The van der Waals surface area contributed by atoms with E-state index in [1.54, 1.807) is 0 Å². The summed E-state index contributed by atoms with van der Waals surface area (Å²) in [6, 6.07) is 0. The smallest absolute Gasteiger partial charge is 0.0815 e. The highest BCUT2D eigenvalue weighted by Gasteiger charge is 2.29. The highest BCUT2D eigenvalue weighted by Crippen LogP contribution is 2.23. The zero-order valence-electron chi connectivity index (χ0n) is 9.13. The van der Waals surface area contributed by atoms with Crippen LogP contribution >= 0.6 is 0 Å². The molecule has 0 unspecified atom stereocenters. The van der Waals surface area contributed by atoms with Crippen LogP contribution in [0.25, 0.3) is 0 Å². The van der Waals surface area contributed by atoms with Crippen LogP contribution in [0.1, 0.15) is 40.5 Å². The molecule has 0 atom stereocenters. The predicted octanol–water partition coefficient (Wildman–Crippen LogP) is 1.56. The number of aliphatic hydroxyl groups is 1. The lowest BCUT2D eigenvalue weighted by molar-refractivity contribution is -0.248. The van der Waals surface area contributed by atoms with Gasteiger partial charge in [0.1, 0.15) is 0 Å². The van der Waals surface area contributed by atoms with Crippen molar-refractivity contribution in [2.24, 2.45) is 0 Å². The third-order valence-corrected chi connectivity index (χ3v) is 2.20. The summed E-state index contributed by atoms with van der Waals surface area (Å²) in [7, 11) is 0. The molecule has 1 aliphatic heterocycles. The summed E-state index contributed by atoms with van der Waals surface area (Å²) < 4.78 is 0. The molecular formula is C10H21NO2. The van der Waals surface area contributed by atoms with Crippen LogP contribution in [0, 0.1) is 0 Å². The summed E-state index contributed by atoms with van der Waals surface area (Å²) in [5.74, 6) is 0. The van der Waals surface area contributed by atoms with Crippen molar-refractivity contribution in [3.05, 3.63) is 0 Å². The Labute approximate surface area is 80.6 Å². The molecule has 0 aromatic carbocycles. The van der Waals surface area contributed by atoms with Crippen molar-refractivity contribution < 1.29 is 9.94 Å². The second kappa shape index (κ2) is 3.56. The molecule has 0 aromatic heterocycles. The molecule has 0 radical (unpaired) electrons. The lowest BCUT2D eigenvalue weighted by Crippen LogP contribution is -2.45. The van der Waals surface area contributed by atoms with E-state index in [9.17, 15) is 5.11 Å². The molecular weight excluding hydrogens is 166 g/mol. The van der Waals surface area contributed by atoms with Crippen molar-refractivity contribution in [3.63, 3.8) is 0 Å². The number of hydrogen-bond acceptors (Lipinski definition) is 3. The molecule has 0 bridgehead atoms. The Morgan fingerprint density at radius 2 is 1.69 bits per heavy atom. The monoisotopic (exact) mass is 187 g/mol. The van der Waals surface area contributed by atoms with Gasteiger partial charge in [0.15, 0.2) is 0 Å². The van der Waals surface area contributed by atoms with Crippen molar-refractivity contribution >= 4 is 0 Å². The summed E-state index contributed by atoms with van der Waals surface area (Å²) in [6.07, 6.45) is 1.59. The quantitative estimate of drug-likeness (QED) is 0.676. The molecule has 1 aliphatic rings. The number of hydrogen-bond donors (Lipinski definition) is 1. The Hall–Kier alpha value is -0.120. The Kier molecular flexibility index (Phi) is 3.00. The van der Waals surface area contributed by atoms with E-state index >= 15 is 0 Å². The first-order valence-corrected chi connectivity index (χ1v) is 4.95. The van der Waals surface area contributed by atoms with Gasteiger partial charge in [-0.3, -0.25) is 4.84 Å². The Balaban J connectivity index is 2.34. The van der Waals surface area contributed by atoms with Gasteiger partial charge in [-0.05, 0) is 40.5 Å². The minimum Gasteiger partial charge on any atom is -0.390 e. The van der Waals surface area contributed by atoms with E-state index in [4.69, 9.17) is 4.84 Å². The molecule has 0 amide bonds. The molecule has 1 saturated heterocycles. The first-order valence-electron chi connectivity index (χ1n) is 4.95. The first kappa shape index (κ1) is 11.0. The van der Waals surface area contributed by atoms with Gasteiger partial charge in [-0.25, -0.2) is 0 Å². The predicted molar refractivity (Wildman–Crippen MR) is 52.3 cm³/mol. The minimum atomic E-state index is -0.488. The number of piperidine rings is 1. The summed E-state index contributed by atoms with van der Waals surface area (Å²) in [6.45, 7) is 9.66. The topological polar surface area (TPSA) is 32.7 Å². The normalized spacial score (nSPS) is 24.7. The van der Waals surface area contributed by atoms with Crippen molar-refractivity contribution in [3.8, 4) is 0 Å². The molecule has 1 heterocycles. The van der Waals surface area contributed by atoms with Crippen LogP contribution < -0.4 is 0 Å². The van der Waals surface area contributed by atoms with Crippen molar-refractivity contribution in [1.29, 1.82) is 0 Å². The third kappa shape index (κ3) is 4.07. The van der Waals surface area contributed by atoms with E-state index in [2.05, 4.69) is 0 Å². The molecule has 78 valence electrons. The zero-order chi connectivity index (χ0) is 10.1. The van der Waals surface area contributed by atoms with Gasteiger partial charge in [-0.2, -0.15) is 5.06 Å². The first-order chi connectivity index (χ1) is 5.79. The molecule has 13 heavy (non-hydrogen) atoms. The molecule has 0 saturated carbocycles. The van der Waals surface area contributed by atoms with Gasteiger partial charge in [0.2, 0.25) is 0 Å². The lowest BCUT2D eigenvalue weighted by Gasteiger charge is -2.38. The maximum atomic E-state index is 9.71. The van der Waals surface area contributed by atoms with Crippen LogP contribution in [0.5, 0.6) is 0 Å². The van der Waals surface area contributed by atoms with E-state index in [-0.39, 0.29) is 5.60 Å². The van der Waals surface area contributed by atoms with Gasteiger partial charge in [0.25, 0.3) is 0 Å². The SMILES string of the molecule is CC1(O)CCN(OC(C)(C)C)CC1. The summed E-state index contributed by atoms with van der Waals surface area (Å²) in [4.78, 5) is 5.69. The molecule has 3 heteroatoms. The van der Waals surface area contributed by atoms with Crippen LogP contribution in [0.2, 0.25) is 0 Å². The molecule has 1 N–H and O–H groups in total. The number of rotatable bonds is 1. The van der Waals surface area contributed by atoms with Crippen LogP contribution in [0.4, 0.5) is 0 Å². The Bertz CT molecular complexity index is 162. The molecule has 0 aromatic rings. The highest BCUT2D eigenvalue weighted by atomic mass is 16.7. The molecule has 0 aliphatic carbocycles. The van der Waals surface area contributed by atoms with Crippen LogP contribution in [-0.2, 0) is 4.84 Å². The maximum Gasteiger partial charge on any atom is 0.0815 e. The molecule has 3 nitrogen and oxygen atoms in total. The molecule has 1 fully saturated rings. The third-order valence-electron chi connectivity index (χ3n) is 2.20. The van der Waals surface area contributed by atoms with E-state index in [1.807, 2.05) is 32.8 Å². The summed E-state index contributed by atoms with van der Waals surface area (Å²) >= 11 is 0. The fourth-order valence-corrected chi connectivity index (χ4v) is 1.45. The highest BCUT2D eigenvalue weighted by molar-refractivity contribution is 4.79. The number of nitrogens with zero attached hydrogens (tertiary/aromatic N) is 1. The van der Waals surface area contributed by atoms with Gasteiger partial charge in [0, 0.05) is 13.1 Å². The zero-order valence-corrected chi connectivity index (χ0v) is 9.13. The standard InChI is InChI=1S/C10H21NO2/c1-9(2,3)13-11-7-5-10(4,12)6-8-11/h12H,5-8H2,1-4H3. The summed E-state index contributed by atoms with van der Waals surface area (Å²) in [5, 5.41) is 11.7. The van der Waals surface area contributed by atoms with Gasteiger partial charge >= 0.3 is 0 Å². The summed E-state index contributed by atoms with van der Waals surface area (Å²) in [5.41, 5.74) is -0.610. The molecule has 1 rings (SSSR count). The van der Waals surface area contributed by atoms with Crippen molar-refractivity contribution in [1.82, 2.24) is 5.06 Å². The second-order valence-electron chi connectivity index (χ2n) is 5.13. The largest absolute Gasteiger partial charge is 0.390 e. The van der Waals surface area contributed by atoms with Crippen molar-refractivity contribution in [2.45, 2.75) is 51.7 Å². The molecule has 0 spiro atoms. The van der Waals surface area contributed by atoms with Crippen LogP contribution in [0.3, 0.4) is 0 Å². The Morgan fingerprint density at radius 3 is 2.08 bits per heavy atom. The fraction of sp³-hybridized carbons (Fsp3) is 1.00. The van der Waals surface area contributed by atoms with Gasteiger partial charge < -0.3 is 5.11 Å².